The van der Waals surface area contributed by atoms with Crippen LogP contribution in [0.25, 0.3) is 0 Å². The molecule has 0 aromatic rings. The van der Waals surface area contributed by atoms with E-state index in [0.717, 1.165) is 5.25 Å². The molecule has 0 aromatic heterocycles. The number of hydrogen-bond acceptors (Lipinski definition) is 1. The lowest BCUT2D eigenvalue weighted by atomic mass is 9.96. The molecular formula is C19H32S. The molecule has 0 amide bonds. The summed E-state index contributed by atoms with van der Waals surface area (Å²) in [5.41, 5.74) is 1.69. The standard InChI is InChI=1S/C19H32S/c1-3-7-12-18(13-8-4-1)14-11-17-20-19-15-9-5-2-6-10-16-19/h11,14,17,19H,1-10,12-13,15-16H2. The van der Waals surface area contributed by atoms with Gasteiger partial charge in [0.25, 0.3) is 0 Å². The minimum Gasteiger partial charge on any atom is -0.131 e. The molecule has 2 aliphatic rings. The zero-order valence-corrected chi connectivity index (χ0v) is 13.9. The smallest absolute Gasteiger partial charge is 0.00884 e. The normalized spacial score (nSPS) is 23.9. The summed E-state index contributed by atoms with van der Waals surface area (Å²) in [7, 11) is 0. The van der Waals surface area contributed by atoms with Gasteiger partial charge in [-0.3, -0.25) is 0 Å². The summed E-state index contributed by atoms with van der Waals surface area (Å²) < 4.78 is 0. The minimum absolute atomic E-state index is 0.891. The zero-order valence-electron chi connectivity index (χ0n) is 13.1. The lowest BCUT2D eigenvalue weighted by Crippen LogP contribution is -2.04. The summed E-state index contributed by atoms with van der Waals surface area (Å²) in [5.74, 6) is 0. The van der Waals surface area contributed by atoms with Crippen molar-refractivity contribution in [2.75, 3.05) is 0 Å². The van der Waals surface area contributed by atoms with Crippen molar-refractivity contribution in [3.05, 3.63) is 23.1 Å². The average Bonchev–Trinajstić information content (AvgIpc) is 2.38. The molecule has 0 unspecified atom stereocenters. The fourth-order valence-electron chi connectivity index (χ4n) is 3.41. The fraction of sp³-hybridized carbons (Fsp3) is 0.789. The molecule has 0 aromatic carbocycles. The van der Waals surface area contributed by atoms with E-state index in [4.69, 9.17) is 0 Å². The van der Waals surface area contributed by atoms with E-state index in [9.17, 15) is 0 Å². The van der Waals surface area contributed by atoms with E-state index in [1.807, 2.05) is 0 Å². The van der Waals surface area contributed by atoms with Crippen molar-refractivity contribution >= 4 is 11.8 Å². The van der Waals surface area contributed by atoms with Crippen molar-refractivity contribution in [1.82, 2.24) is 0 Å². The number of thioether (sulfide) groups is 1. The Kier molecular flexibility index (Phi) is 8.54. The molecule has 114 valence electrons. The van der Waals surface area contributed by atoms with Gasteiger partial charge in [-0.05, 0) is 43.9 Å². The van der Waals surface area contributed by atoms with Crippen LogP contribution in [0, 0.1) is 0 Å². The topological polar surface area (TPSA) is 0 Å². The van der Waals surface area contributed by atoms with Gasteiger partial charge in [0.1, 0.15) is 0 Å². The second-order valence-corrected chi connectivity index (χ2v) is 7.74. The summed E-state index contributed by atoms with van der Waals surface area (Å²) in [6, 6.07) is 0. The van der Waals surface area contributed by atoms with Crippen LogP contribution in [0.3, 0.4) is 0 Å². The Morgan fingerprint density at radius 3 is 1.90 bits per heavy atom. The van der Waals surface area contributed by atoms with Gasteiger partial charge in [-0.25, -0.2) is 0 Å². The van der Waals surface area contributed by atoms with Crippen LogP contribution in [0.15, 0.2) is 23.1 Å². The first-order valence-corrected chi connectivity index (χ1v) is 9.89. The van der Waals surface area contributed by atoms with Gasteiger partial charge in [-0.2, -0.15) is 0 Å². The van der Waals surface area contributed by atoms with Crippen LogP contribution in [-0.4, -0.2) is 5.25 Å². The van der Waals surface area contributed by atoms with E-state index >= 15 is 0 Å². The minimum atomic E-state index is 0.891. The maximum Gasteiger partial charge on any atom is 0.00884 e. The van der Waals surface area contributed by atoms with Crippen molar-refractivity contribution in [1.29, 1.82) is 0 Å². The Morgan fingerprint density at radius 1 is 0.700 bits per heavy atom. The van der Waals surface area contributed by atoms with Crippen LogP contribution >= 0.6 is 11.8 Å². The number of hydrogen-bond donors (Lipinski definition) is 0. The fourth-order valence-corrected chi connectivity index (χ4v) is 4.41. The summed E-state index contributed by atoms with van der Waals surface area (Å²) in [4.78, 5) is 0. The molecule has 1 heteroatoms. The molecule has 2 aliphatic carbocycles. The Morgan fingerprint density at radius 2 is 1.25 bits per heavy atom. The highest BCUT2D eigenvalue weighted by Gasteiger charge is 2.09. The molecule has 0 spiro atoms. The third-order valence-electron chi connectivity index (χ3n) is 4.73. The molecule has 20 heavy (non-hydrogen) atoms. The third kappa shape index (κ3) is 7.02. The summed E-state index contributed by atoms with van der Waals surface area (Å²) in [6.45, 7) is 0. The van der Waals surface area contributed by atoms with E-state index in [2.05, 4.69) is 29.3 Å². The lowest BCUT2D eigenvalue weighted by Gasteiger charge is -2.17. The van der Waals surface area contributed by atoms with Gasteiger partial charge in [0, 0.05) is 5.25 Å². The molecule has 0 atom stereocenters. The van der Waals surface area contributed by atoms with E-state index in [0.29, 0.717) is 0 Å². The first kappa shape index (κ1) is 16.2. The quantitative estimate of drug-likeness (QED) is 0.538. The van der Waals surface area contributed by atoms with Crippen molar-refractivity contribution in [3.63, 3.8) is 0 Å². The molecule has 0 aliphatic heterocycles. The van der Waals surface area contributed by atoms with Gasteiger partial charge >= 0.3 is 0 Å². The first-order valence-electron chi connectivity index (χ1n) is 8.95. The van der Waals surface area contributed by atoms with Gasteiger partial charge in [0.15, 0.2) is 0 Å². The number of allylic oxidation sites excluding steroid dienone is 3. The maximum atomic E-state index is 2.42. The monoisotopic (exact) mass is 292 g/mol. The lowest BCUT2D eigenvalue weighted by molar-refractivity contribution is 0.513. The maximum absolute atomic E-state index is 2.42. The molecule has 0 bridgehead atoms. The zero-order chi connectivity index (χ0) is 13.9. The molecule has 2 rings (SSSR count). The van der Waals surface area contributed by atoms with Crippen LogP contribution in [0.4, 0.5) is 0 Å². The van der Waals surface area contributed by atoms with Crippen LogP contribution in [0.1, 0.15) is 89.9 Å². The van der Waals surface area contributed by atoms with Crippen molar-refractivity contribution in [2.24, 2.45) is 0 Å². The Balaban J connectivity index is 1.70. The highest BCUT2D eigenvalue weighted by Crippen LogP contribution is 2.27. The largest absolute Gasteiger partial charge is 0.131 e. The van der Waals surface area contributed by atoms with Crippen LogP contribution in [0.5, 0.6) is 0 Å². The van der Waals surface area contributed by atoms with Gasteiger partial charge in [-0.1, -0.05) is 69.1 Å². The Hall–Kier alpha value is -0.170. The predicted molar refractivity (Wildman–Crippen MR) is 93.2 cm³/mol. The molecule has 0 heterocycles. The average molecular weight is 293 g/mol. The molecule has 0 saturated heterocycles. The van der Waals surface area contributed by atoms with E-state index in [-0.39, 0.29) is 0 Å². The highest BCUT2D eigenvalue weighted by molar-refractivity contribution is 8.02. The first-order chi connectivity index (χ1) is 9.95. The third-order valence-corrected chi connectivity index (χ3v) is 5.90. The Labute approximate surface area is 130 Å². The van der Waals surface area contributed by atoms with Crippen LogP contribution < -0.4 is 0 Å². The highest BCUT2D eigenvalue weighted by atomic mass is 32.2. The van der Waals surface area contributed by atoms with Crippen molar-refractivity contribution in [2.45, 2.75) is 95.1 Å². The predicted octanol–water partition coefficient (Wildman–Crippen LogP) is 7.02. The van der Waals surface area contributed by atoms with Gasteiger partial charge in [0.2, 0.25) is 0 Å². The van der Waals surface area contributed by atoms with E-state index in [1.165, 1.54) is 89.9 Å². The van der Waals surface area contributed by atoms with Gasteiger partial charge in [0.05, 0.1) is 0 Å². The second kappa shape index (κ2) is 10.5. The molecule has 0 N–H and O–H groups in total. The summed E-state index contributed by atoms with van der Waals surface area (Å²) >= 11 is 2.09. The van der Waals surface area contributed by atoms with Gasteiger partial charge < -0.3 is 0 Å². The van der Waals surface area contributed by atoms with Crippen molar-refractivity contribution in [3.8, 4) is 0 Å². The SMILES string of the molecule is C(=CSC1CCCCCCC1)C=C1CCCCCCC1. The van der Waals surface area contributed by atoms with Gasteiger partial charge in [-0.15, -0.1) is 11.8 Å². The van der Waals surface area contributed by atoms with E-state index in [1.54, 1.807) is 5.57 Å². The second-order valence-electron chi connectivity index (χ2n) is 6.52. The summed E-state index contributed by atoms with van der Waals surface area (Å²) in [6.07, 6.45) is 24.8. The molecular weight excluding hydrogens is 260 g/mol. The van der Waals surface area contributed by atoms with Crippen LogP contribution in [0.2, 0.25) is 0 Å². The van der Waals surface area contributed by atoms with Crippen molar-refractivity contribution < 1.29 is 0 Å². The molecule has 0 radical (unpaired) electrons. The van der Waals surface area contributed by atoms with E-state index < -0.39 is 0 Å². The Bertz CT molecular complexity index is 285. The molecule has 0 nitrogen and oxygen atoms in total. The summed E-state index contributed by atoms with van der Waals surface area (Å²) in [5, 5.41) is 3.26. The van der Waals surface area contributed by atoms with Crippen LogP contribution in [-0.2, 0) is 0 Å². The molecule has 2 saturated carbocycles. The number of rotatable bonds is 3. The molecule has 2 fully saturated rings.